The third kappa shape index (κ3) is 4.37. The smallest absolute Gasteiger partial charge is 0.200 e. The second-order valence-electron chi connectivity index (χ2n) is 6.82. The summed E-state index contributed by atoms with van der Waals surface area (Å²) >= 11 is 0. The first kappa shape index (κ1) is 19.1. The van der Waals surface area contributed by atoms with Crippen molar-refractivity contribution in [3.63, 3.8) is 0 Å². The van der Waals surface area contributed by atoms with E-state index in [4.69, 9.17) is 9.47 Å². The van der Waals surface area contributed by atoms with Crippen molar-refractivity contribution < 1.29 is 35.0 Å². The molecule has 1 fully saturated rings. The van der Waals surface area contributed by atoms with Crippen LogP contribution in [-0.2, 0) is 11.2 Å². The summed E-state index contributed by atoms with van der Waals surface area (Å²) in [5.41, 5.74) is 1.47. The predicted molar refractivity (Wildman–Crippen MR) is 97.3 cm³/mol. The maximum Gasteiger partial charge on any atom is 0.200 e. The number of ether oxygens (including phenoxy) is 2. The Bertz CT molecular complexity index is 805. The van der Waals surface area contributed by atoms with Gasteiger partial charge in [-0.1, -0.05) is 6.07 Å². The number of methoxy groups -OCH3 is 1. The average Bonchev–Trinajstić information content (AvgIpc) is 2.64. The lowest BCUT2D eigenvalue weighted by Gasteiger charge is -2.34. The first-order valence-electron chi connectivity index (χ1n) is 8.81. The minimum atomic E-state index is -0.552. The van der Waals surface area contributed by atoms with E-state index in [1.54, 1.807) is 12.1 Å². The molecule has 5 N–H and O–H groups in total. The molecule has 7 nitrogen and oxygen atoms in total. The Hall–Kier alpha value is -2.64. The summed E-state index contributed by atoms with van der Waals surface area (Å²) in [6.45, 7) is 0. The molecule has 0 saturated carbocycles. The van der Waals surface area contributed by atoms with E-state index in [1.165, 1.54) is 25.3 Å². The summed E-state index contributed by atoms with van der Waals surface area (Å²) in [4.78, 5) is 0. The SMILES string of the molecule is COc1cc(C2CC(O)CC(CCc3ccc(O)c(O)c3)O2)cc(O)c1O. The van der Waals surface area contributed by atoms with Crippen LogP contribution in [0.25, 0.3) is 0 Å². The molecule has 0 radical (unpaired) electrons. The van der Waals surface area contributed by atoms with Crippen molar-refractivity contribution in [2.24, 2.45) is 0 Å². The van der Waals surface area contributed by atoms with Gasteiger partial charge < -0.3 is 35.0 Å². The summed E-state index contributed by atoms with van der Waals surface area (Å²) in [6, 6.07) is 7.68. The van der Waals surface area contributed by atoms with Crippen LogP contribution in [0.1, 0.15) is 36.5 Å². The Kier molecular flexibility index (Phi) is 5.62. The van der Waals surface area contributed by atoms with E-state index >= 15 is 0 Å². The first-order valence-corrected chi connectivity index (χ1v) is 8.81. The molecule has 1 heterocycles. The lowest BCUT2D eigenvalue weighted by molar-refractivity contribution is -0.0999. The van der Waals surface area contributed by atoms with Gasteiger partial charge in [-0.3, -0.25) is 0 Å². The minimum absolute atomic E-state index is 0.143. The van der Waals surface area contributed by atoms with E-state index in [1.807, 2.05) is 0 Å². The summed E-state index contributed by atoms with van der Waals surface area (Å²) < 4.78 is 11.2. The maximum atomic E-state index is 10.2. The van der Waals surface area contributed by atoms with Gasteiger partial charge >= 0.3 is 0 Å². The zero-order valence-corrected chi connectivity index (χ0v) is 15.0. The topological polar surface area (TPSA) is 120 Å². The van der Waals surface area contributed by atoms with Crippen molar-refractivity contribution in [2.75, 3.05) is 7.11 Å². The number of rotatable bonds is 5. The van der Waals surface area contributed by atoms with Gasteiger partial charge in [0.05, 0.1) is 25.4 Å². The number of phenols is 4. The third-order valence-electron chi connectivity index (χ3n) is 4.84. The van der Waals surface area contributed by atoms with Crippen LogP contribution in [-0.4, -0.2) is 44.9 Å². The van der Waals surface area contributed by atoms with Crippen LogP contribution in [0.4, 0.5) is 0 Å². The highest BCUT2D eigenvalue weighted by molar-refractivity contribution is 5.52. The Morgan fingerprint density at radius 1 is 1.00 bits per heavy atom. The van der Waals surface area contributed by atoms with Crippen molar-refractivity contribution >= 4 is 0 Å². The highest BCUT2D eigenvalue weighted by Gasteiger charge is 2.30. The van der Waals surface area contributed by atoms with E-state index in [0.29, 0.717) is 31.2 Å². The number of aliphatic hydroxyl groups excluding tert-OH is 1. The predicted octanol–water partition coefficient (Wildman–Crippen LogP) is 2.73. The molecule has 3 unspecified atom stereocenters. The molecular weight excluding hydrogens is 352 g/mol. The van der Waals surface area contributed by atoms with Crippen molar-refractivity contribution in [3.8, 4) is 28.7 Å². The highest BCUT2D eigenvalue weighted by Crippen LogP contribution is 2.41. The molecule has 7 heteroatoms. The number of hydrogen-bond donors (Lipinski definition) is 5. The number of benzene rings is 2. The van der Waals surface area contributed by atoms with E-state index in [-0.39, 0.29) is 34.9 Å². The monoisotopic (exact) mass is 376 g/mol. The minimum Gasteiger partial charge on any atom is -0.504 e. The normalized spacial score (nSPS) is 22.5. The fraction of sp³-hybridized carbons (Fsp3) is 0.400. The molecule has 0 bridgehead atoms. The molecule has 2 aromatic carbocycles. The molecule has 1 aliphatic heterocycles. The highest BCUT2D eigenvalue weighted by atomic mass is 16.5. The Morgan fingerprint density at radius 3 is 2.48 bits per heavy atom. The van der Waals surface area contributed by atoms with Crippen molar-refractivity contribution in [1.29, 1.82) is 0 Å². The zero-order chi connectivity index (χ0) is 19.6. The van der Waals surface area contributed by atoms with Crippen LogP contribution < -0.4 is 4.74 Å². The van der Waals surface area contributed by atoms with Gasteiger partial charge in [0, 0.05) is 6.42 Å². The van der Waals surface area contributed by atoms with Crippen LogP contribution in [0.5, 0.6) is 28.7 Å². The number of phenolic OH excluding ortho intramolecular Hbond substituents is 4. The van der Waals surface area contributed by atoms with Crippen molar-refractivity contribution in [2.45, 2.75) is 44.0 Å². The van der Waals surface area contributed by atoms with E-state index in [2.05, 4.69) is 0 Å². The van der Waals surface area contributed by atoms with Gasteiger partial charge in [-0.2, -0.15) is 0 Å². The molecule has 3 atom stereocenters. The van der Waals surface area contributed by atoms with Crippen LogP contribution in [0, 0.1) is 0 Å². The summed E-state index contributed by atoms with van der Waals surface area (Å²) in [7, 11) is 1.39. The maximum absolute atomic E-state index is 10.2. The van der Waals surface area contributed by atoms with Gasteiger partial charge in [0.2, 0.25) is 5.75 Å². The summed E-state index contributed by atoms with van der Waals surface area (Å²) in [5.74, 6) is -0.818. The van der Waals surface area contributed by atoms with Crippen molar-refractivity contribution in [3.05, 3.63) is 41.5 Å². The molecule has 2 aromatic rings. The lowest BCUT2D eigenvalue weighted by atomic mass is 9.93. The Balaban J connectivity index is 1.70. The fourth-order valence-corrected chi connectivity index (χ4v) is 3.40. The third-order valence-corrected chi connectivity index (χ3v) is 4.84. The number of aryl methyl sites for hydroxylation is 1. The summed E-state index contributed by atoms with van der Waals surface area (Å²) in [5, 5.41) is 48.9. The van der Waals surface area contributed by atoms with Gasteiger partial charge in [-0.25, -0.2) is 0 Å². The fourth-order valence-electron chi connectivity index (χ4n) is 3.40. The van der Waals surface area contributed by atoms with E-state index in [9.17, 15) is 25.5 Å². The second-order valence-corrected chi connectivity index (χ2v) is 6.82. The Labute approximate surface area is 157 Å². The molecule has 0 aromatic heterocycles. The van der Waals surface area contributed by atoms with Gasteiger partial charge in [-0.15, -0.1) is 0 Å². The van der Waals surface area contributed by atoms with Gasteiger partial charge in [0.25, 0.3) is 0 Å². The average molecular weight is 376 g/mol. The quantitative estimate of drug-likeness (QED) is 0.509. The van der Waals surface area contributed by atoms with E-state index < -0.39 is 12.2 Å². The van der Waals surface area contributed by atoms with Gasteiger partial charge in [0.1, 0.15) is 0 Å². The second kappa shape index (κ2) is 7.94. The van der Waals surface area contributed by atoms with Crippen LogP contribution in [0.3, 0.4) is 0 Å². The Morgan fingerprint density at radius 2 is 1.78 bits per heavy atom. The number of aromatic hydroxyl groups is 4. The van der Waals surface area contributed by atoms with Crippen LogP contribution in [0.2, 0.25) is 0 Å². The standard InChI is InChI=1S/C20H24O7/c1-26-19-8-12(7-17(24)20(19)25)18-10-13(21)9-14(27-18)4-2-11-3-5-15(22)16(23)6-11/h3,5-8,13-14,18,21-25H,2,4,9-10H2,1H3. The van der Waals surface area contributed by atoms with Crippen molar-refractivity contribution in [1.82, 2.24) is 0 Å². The van der Waals surface area contributed by atoms with Crippen LogP contribution >= 0.6 is 0 Å². The zero-order valence-electron chi connectivity index (χ0n) is 15.0. The molecule has 3 rings (SSSR count). The molecule has 27 heavy (non-hydrogen) atoms. The molecule has 0 aliphatic carbocycles. The summed E-state index contributed by atoms with van der Waals surface area (Å²) in [6.07, 6.45) is 0.903. The lowest BCUT2D eigenvalue weighted by Crippen LogP contribution is -2.31. The molecule has 0 amide bonds. The number of hydrogen-bond acceptors (Lipinski definition) is 7. The van der Waals surface area contributed by atoms with Gasteiger partial charge in [0.15, 0.2) is 23.0 Å². The first-order chi connectivity index (χ1) is 12.9. The van der Waals surface area contributed by atoms with Crippen LogP contribution in [0.15, 0.2) is 30.3 Å². The molecular formula is C20H24O7. The molecule has 1 aliphatic rings. The molecule has 0 spiro atoms. The number of aliphatic hydroxyl groups is 1. The van der Waals surface area contributed by atoms with Gasteiger partial charge in [-0.05, 0) is 54.7 Å². The largest absolute Gasteiger partial charge is 0.504 e. The van der Waals surface area contributed by atoms with E-state index in [0.717, 1.165) is 5.56 Å². The molecule has 146 valence electrons. The molecule has 1 saturated heterocycles.